The van der Waals surface area contributed by atoms with Crippen molar-refractivity contribution in [3.8, 4) is 5.69 Å². The number of benzene rings is 1. The Hall–Kier alpha value is -1.96. The summed E-state index contributed by atoms with van der Waals surface area (Å²) in [5, 5.41) is 14.3. The number of tetrazole rings is 1. The second kappa shape index (κ2) is 6.21. The summed E-state index contributed by atoms with van der Waals surface area (Å²) in [6.07, 6.45) is 1.51. The van der Waals surface area contributed by atoms with Gasteiger partial charge in [0, 0.05) is 17.5 Å². The quantitative estimate of drug-likeness (QED) is 0.862. The fourth-order valence-electron chi connectivity index (χ4n) is 1.99. The second-order valence-electron chi connectivity index (χ2n) is 5.00. The second-order valence-corrected chi connectivity index (χ2v) is 7.40. The highest BCUT2D eigenvalue weighted by Gasteiger charge is 2.14. The summed E-state index contributed by atoms with van der Waals surface area (Å²) in [7, 11) is -3.01. The van der Waals surface area contributed by atoms with Crippen molar-refractivity contribution < 1.29 is 8.42 Å². The number of hydrogen-bond donors (Lipinski definition) is 1. The fourth-order valence-corrected chi connectivity index (χ4v) is 3.07. The number of aryl methyl sites for hydroxylation is 1. The van der Waals surface area contributed by atoms with E-state index in [9.17, 15) is 8.42 Å². The van der Waals surface area contributed by atoms with Crippen LogP contribution in [-0.4, -0.2) is 46.2 Å². The highest BCUT2D eigenvalue weighted by Crippen LogP contribution is 2.20. The summed E-state index contributed by atoms with van der Waals surface area (Å²) in [4.78, 5) is 0. The molecule has 0 fully saturated rings. The molecule has 1 N–H and O–H groups in total. The van der Waals surface area contributed by atoms with Crippen LogP contribution in [0.2, 0.25) is 0 Å². The number of anilines is 1. The predicted molar refractivity (Wildman–Crippen MR) is 81.3 cm³/mol. The summed E-state index contributed by atoms with van der Waals surface area (Å²) in [6.45, 7) is 5.48. The number of rotatable bonds is 6. The first-order valence-electron chi connectivity index (χ1n) is 6.72. The van der Waals surface area contributed by atoms with Crippen LogP contribution >= 0.6 is 0 Å². The van der Waals surface area contributed by atoms with Crippen LogP contribution in [0, 0.1) is 6.92 Å². The molecule has 2 aromatic rings. The molecular formula is C13H19N5O2S. The number of nitrogens with one attached hydrogen (secondary N) is 1. The van der Waals surface area contributed by atoms with Crippen molar-refractivity contribution in [2.75, 3.05) is 16.8 Å². The summed E-state index contributed by atoms with van der Waals surface area (Å²) in [5.41, 5.74) is 2.73. The fraction of sp³-hybridized carbons (Fsp3) is 0.462. The molecule has 7 nitrogen and oxygen atoms in total. The maximum atomic E-state index is 11.7. The van der Waals surface area contributed by atoms with E-state index in [0.29, 0.717) is 0 Å². The van der Waals surface area contributed by atoms with Crippen LogP contribution in [0.5, 0.6) is 0 Å². The van der Waals surface area contributed by atoms with Gasteiger partial charge in [0.25, 0.3) is 0 Å². The van der Waals surface area contributed by atoms with Crippen molar-refractivity contribution in [2.45, 2.75) is 26.8 Å². The Morgan fingerprint density at radius 2 is 2.14 bits per heavy atom. The van der Waals surface area contributed by atoms with Crippen molar-refractivity contribution in [3.63, 3.8) is 0 Å². The molecule has 21 heavy (non-hydrogen) atoms. The molecule has 0 radical (unpaired) electrons. The predicted octanol–water partition coefficient (Wildman–Crippen LogP) is 1.21. The molecule has 1 heterocycles. The number of hydrogen-bond acceptors (Lipinski definition) is 6. The van der Waals surface area contributed by atoms with Gasteiger partial charge in [0.1, 0.15) is 6.33 Å². The summed E-state index contributed by atoms with van der Waals surface area (Å²) in [6, 6.07) is 5.59. The van der Waals surface area contributed by atoms with E-state index in [0.717, 1.165) is 16.9 Å². The third kappa shape index (κ3) is 4.01. The van der Waals surface area contributed by atoms with Gasteiger partial charge in [-0.3, -0.25) is 0 Å². The first kappa shape index (κ1) is 15.4. The molecule has 0 amide bonds. The molecule has 8 heteroatoms. The number of nitrogens with zero attached hydrogens (tertiary/aromatic N) is 4. The zero-order valence-corrected chi connectivity index (χ0v) is 13.1. The van der Waals surface area contributed by atoms with Gasteiger partial charge in [0.2, 0.25) is 0 Å². The van der Waals surface area contributed by atoms with Gasteiger partial charge in [-0.15, -0.1) is 5.10 Å². The molecule has 1 aromatic heterocycles. The van der Waals surface area contributed by atoms with Crippen LogP contribution in [0.3, 0.4) is 0 Å². The molecule has 0 saturated heterocycles. The molecule has 1 unspecified atom stereocenters. The molecule has 0 aliphatic carbocycles. The smallest absolute Gasteiger partial charge is 0.152 e. The highest BCUT2D eigenvalue weighted by molar-refractivity contribution is 7.91. The van der Waals surface area contributed by atoms with E-state index >= 15 is 0 Å². The first-order valence-corrected chi connectivity index (χ1v) is 8.54. The lowest BCUT2D eigenvalue weighted by Crippen LogP contribution is -2.27. The van der Waals surface area contributed by atoms with Crippen LogP contribution in [0.15, 0.2) is 24.5 Å². The standard InChI is InChI=1S/C13H19N5O2S/c1-4-21(19,20)8-11(3)15-13-7-12(6-5-10(13)2)18-9-14-16-17-18/h5-7,9,11,15H,4,8H2,1-3H3. The lowest BCUT2D eigenvalue weighted by molar-refractivity contribution is 0.593. The first-order chi connectivity index (χ1) is 9.91. The van der Waals surface area contributed by atoms with Crippen LogP contribution in [0.25, 0.3) is 5.69 Å². The van der Waals surface area contributed by atoms with Crippen LogP contribution in [0.1, 0.15) is 19.4 Å². The van der Waals surface area contributed by atoms with E-state index in [1.807, 2.05) is 32.0 Å². The monoisotopic (exact) mass is 309 g/mol. The van der Waals surface area contributed by atoms with Gasteiger partial charge in [-0.05, 0) is 42.0 Å². The van der Waals surface area contributed by atoms with Gasteiger partial charge in [0.15, 0.2) is 9.84 Å². The largest absolute Gasteiger partial charge is 0.381 e. The Morgan fingerprint density at radius 1 is 1.38 bits per heavy atom. The molecule has 114 valence electrons. The van der Waals surface area contributed by atoms with Gasteiger partial charge in [-0.25, -0.2) is 13.1 Å². The Bertz CT molecular complexity index is 697. The average Bonchev–Trinajstić information content (AvgIpc) is 2.94. The van der Waals surface area contributed by atoms with Gasteiger partial charge in [-0.2, -0.15) is 0 Å². The lowest BCUT2D eigenvalue weighted by Gasteiger charge is -2.17. The lowest BCUT2D eigenvalue weighted by atomic mass is 10.1. The average molecular weight is 309 g/mol. The normalized spacial score (nSPS) is 13.1. The van der Waals surface area contributed by atoms with Crippen molar-refractivity contribution >= 4 is 15.5 Å². The van der Waals surface area contributed by atoms with E-state index in [1.165, 1.54) is 6.33 Å². The van der Waals surface area contributed by atoms with E-state index in [2.05, 4.69) is 20.8 Å². The number of sulfone groups is 1. The van der Waals surface area contributed by atoms with Gasteiger partial charge in [0.05, 0.1) is 11.4 Å². The molecule has 0 aliphatic heterocycles. The van der Waals surface area contributed by atoms with Crippen LogP contribution in [-0.2, 0) is 9.84 Å². The molecule has 0 bridgehead atoms. The Kier molecular flexibility index (Phi) is 4.56. The Labute approximate surface area is 124 Å². The summed E-state index contributed by atoms with van der Waals surface area (Å²) in [5.74, 6) is 0.265. The van der Waals surface area contributed by atoms with E-state index in [1.54, 1.807) is 11.6 Å². The molecule has 0 aliphatic rings. The highest BCUT2D eigenvalue weighted by atomic mass is 32.2. The summed E-state index contributed by atoms with van der Waals surface area (Å²) < 4.78 is 24.9. The topological polar surface area (TPSA) is 89.8 Å². The minimum atomic E-state index is -3.01. The number of aromatic nitrogens is 4. The molecule has 1 atom stereocenters. The van der Waals surface area contributed by atoms with Crippen molar-refractivity contribution in [2.24, 2.45) is 0 Å². The van der Waals surface area contributed by atoms with Gasteiger partial charge < -0.3 is 5.32 Å². The Morgan fingerprint density at radius 3 is 2.76 bits per heavy atom. The Balaban J connectivity index is 2.18. The van der Waals surface area contributed by atoms with Gasteiger partial charge in [-0.1, -0.05) is 13.0 Å². The molecule has 0 spiro atoms. The minimum Gasteiger partial charge on any atom is -0.381 e. The zero-order chi connectivity index (χ0) is 15.5. The van der Waals surface area contributed by atoms with E-state index in [4.69, 9.17) is 0 Å². The third-order valence-electron chi connectivity index (χ3n) is 3.18. The SMILES string of the molecule is CCS(=O)(=O)CC(C)Nc1cc(-n2cnnn2)ccc1C. The molecule has 2 rings (SSSR count). The van der Waals surface area contributed by atoms with Gasteiger partial charge >= 0.3 is 0 Å². The van der Waals surface area contributed by atoms with E-state index in [-0.39, 0.29) is 17.5 Å². The maximum absolute atomic E-state index is 11.7. The van der Waals surface area contributed by atoms with Crippen LogP contribution in [0.4, 0.5) is 5.69 Å². The minimum absolute atomic E-state index is 0.109. The van der Waals surface area contributed by atoms with Crippen molar-refractivity contribution in [1.29, 1.82) is 0 Å². The third-order valence-corrected chi connectivity index (χ3v) is 5.07. The maximum Gasteiger partial charge on any atom is 0.152 e. The zero-order valence-electron chi connectivity index (χ0n) is 12.3. The van der Waals surface area contributed by atoms with Crippen LogP contribution < -0.4 is 5.32 Å². The van der Waals surface area contributed by atoms with Crippen molar-refractivity contribution in [1.82, 2.24) is 20.2 Å². The molecule has 0 saturated carbocycles. The summed E-state index contributed by atoms with van der Waals surface area (Å²) >= 11 is 0. The van der Waals surface area contributed by atoms with E-state index < -0.39 is 9.84 Å². The van der Waals surface area contributed by atoms with Crippen molar-refractivity contribution in [3.05, 3.63) is 30.1 Å². The molecule has 1 aromatic carbocycles. The molecular weight excluding hydrogens is 290 g/mol.